The van der Waals surface area contributed by atoms with Gasteiger partial charge in [-0.3, -0.25) is 0 Å². The fourth-order valence-corrected chi connectivity index (χ4v) is 5.77. The van der Waals surface area contributed by atoms with E-state index < -0.39 is 0 Å². The Morgan fingerprint density at radius 2 is 1.47 bits per heavy atom. The van der Waals surface area contributed by atoms with Crippen molar-refractivity contribution in [3.05, 3.63) is 82.8 Å². The first-order valence-corrected chi connectivity index (χ1v) is 9.69. The normalized spacial score (nSPS) is 11.3. The zero-order valence-electron chi connectivity index (χ0n) is 10.7. The zero-order valence-corrected chi connectivity index (χ0v) is 14.1. The van der Waals surface area contributed by atoms with Crippen molar-refractivity contribution in [1.29, 1.82) is 0 Å². The Kier molecular flexibility index (Phi) is 6.20. The molecule has 0 aromatic heterocycles. The van der Waals surface area contributed by atoms with E-state index in [1.165, 1.54) is 13.4 Å². The Bertz CT molecular complexity index is 530. The van der Waals surface area contributed by atoms with Crippen molar-refractivity contribution in [2.75, 3.05) is 0 Å². The molecule has 96 valence electrons. The van der Waals surface area contributed by atoms with E-state index in [0.29, 0.717) is 29.9 Å². The van der Waals surface area contributed by atoms with Crippen molar-refractivity contribution in [2.24, 2.45) is 0 Å². The van der Waals surface area contributed by atoms with Gasteiger partial charge < -0.3 is 0 Å². The third kappa shape index (κ3) is 5.22. The third-order valence-corrected chi connectivity index (χ3v) is 7.36. The van der Waals surface area contributed by atoms with E-state index in [9.17, 15) is 0 Å². The zero-order chi connectivity index (χ0) is 13.3. The Balaban J connectivity index is 2.05. The second-order valence-corrected chi connectivity index (χ2v) is 8.42. The minimum absolute atomic E-state index is 0.423. The van der Waals surface area contributed by atoms with Gasteiger partial charge in [0.1, 0.15) is 0 Å². The molecule has 0 radical (unpaired) electrons. The van der Waals surface area contributed by atoms with Gasteiger partial charge in [-0.05, 0) is 0 Å². The molecule has 0 fully saturated rings. The Hall–Kier alpha value is -1.04. The molecule has 2 rings (SSSR count). The summed E-state index contributed by atoms with van der Waals surface area (Å²) in [7, 11) is 0. The van der Waals surface area contributed by atoms with E-state index in [1.54, 1.807) is 0 Å². The fourth-order valence-electron chi connectivity index (χ4n) is 1.53. The molecule has 0 spiro atoms. The predicted octanol–water partition coefficient (Wildman–Crippen LogP) is 2.46. The van der Waals surface area contributed by atoms with Gasteiger partial charge in [-0.15, -0.1) is 0 Å². The Labute approximate surface area is 127 Å². The van der Waals surface area contributed by atoms with Gasteiger partial charge in [0.2, 0.25) is 0 Å². The van der Waals surface area contributed by atoms with Crippen LogP contribution >= 0.6 is 0 Å². The number of allylic oxidation sites excluding steroid dienone is 2. The minimum atomic E-state index is 0.423. The van der Waals surface area contributed by atoms with Crippen LogP contribution in [0.2, 0.25) is 0 Å². The molecule has 2 aromatic carbocycles. The summed E-state index contributed by atoms with van der Waals surface area (Å²) in [5.41, 5.74) is 0. The van der Waals surface area contributed by atoms with Crippen LogP contribution in [0.5, 0.6) is 0 Å². The van der Waals surface area contributed by atoms with Gasteiger partial charge in [-0.2, -0.15) is 0 Å². The summed E-state index contributed by atoms with van der Waals surface area (Å²) >= 11 is 0.849. The van der Waals surface area contributed by atoms with Gasteiger partial charge in [0.05, 0.1) is 0 Å². The molecule has 2 aromatic rings. The van der Waals surface area contributed by atoms with Crippen LogP contribution in [0, 0.1) is 0 Å². The van der Waals surface area contributed by atoms with Gasteiger partial charge in [-0.1, -0.05) is 0 Å². The summed E-state index contributed by atoms with van der Waals surface area (Å²) in [6.45, 7) is 3.87. The van der Waals surface area contributed by atoms with E-state index in [4.69, 9.17) is 0 Å². The van der Waals surface area contributed by atoms with Crippen LogP contribution in [0.3, 0.4) is 0 Å². The Morgan fingerprint density at radius 3 is 2.05 bits per heavy atom. The van der Waals surface area contributed by atoms with Gasteiger partial charge in [0.15, 0.2) is 0 Å². The molecule has 0 aliphatic rings. The summed E-state index contributed by atoms with van der Waals surface area (Å²) in [5.74, 6) is 0. The first kappa shape index (κ1) is 14.4. The predicted molar refractivity (Wildman–Crippen MR) is 86.6 cm³/mol. The molecule has 2 heteroatoms. The van der Waals surface area contributed by atoms with Crippen LogP contribution in [-0.2, 0) is 0 Å². The van der Waals surface area contributed by atoms with Crippen molar-refractivity contribution in [3.63, 3.8) is 0 Å². The molecule has 0 atom stereocenters. The van der Waals surface area contributed by atoms with Crippen LogP contribution in [0.1, 0.15) is 6.42 Å². The van der Waals surface area contributed by atoms with E-state index >= 15 is 0 Å². The second-order valence-electron chi connectivity index (χ2n) is 3.92. The number of benzene rings is 2. The summed E-state index contributed by atoms with van der Waals surface area (Å²) in [6, 6.07) is 21.4. The number of hydrogen-bond donors (Lipinski definition) is 0. The Morgan fingerprint density at radius 1 is 0.895 bits per heavy atom. The van der Waals surface area contributed by atoms with E-state index in [1.807, 2.05) is 6.08 Å². The molecule has 0 saturated carbocycles. The van der Waals surface area contributed by atoms with Gasteiger partial charge >= 0.3 is 128 Å². The first-order valence-electron chi connectivity index (χ1n) is 6.13. The van der Waals surface area contributed by atoms with Crippen LogP contribution in [0.25, 0.3) is 0 Å². The molecule has 0 amide bonds. The van der Waals surface area contributed by atoms with Crippen molar-refractivity contribution in [2.45, 2.75) is 6.42 Å². The average molecular weight is 378 g/mol. The second kappa shape index (κ2) is 8.19. The van der Waals surface area contributed by atoms with E-state index in [2.05, 4.69) is 72.2 Å². The molecule has 0 aliphatic heterocycles. The molecule has 0 nitrogen and oxygen atoms in total. The van der Waals surface area contributed by atoms with Gasteiger partial charge in [0.25, 0.3) is 0 Å². The van der Waals surface area contributed by atoms with Crippen LogP contribution in [0.15, 0.2) is 82.8 Å². The van der Waals surface area contributed by atoms with Crippen LogP contribution in [-0.4, -0.2) is 29.9 Å². The molecule has 0 saturated heterocycles. The van der Waals surface area contributed by atoms with Gasteiger partial charge in [0, 0.05) is 0 Å². The van der Waals surface area contributed by atoms with E-state index in [0.717, 1.165) is 6.42 Å². The molecule has 0 unspecified atom stereocenters. The van der Waals surface area contributed by atoms with Crippen molar-refractivity contribution >= 4 is 38.8 Å². The quantitative estimate of drug-likeness (QED) is 0.535. The van der Waals surface area contributed by atoms with Crippen molar-refractivity contribution in [3.8, 4) is 0 Å². The summed E-state index contributed by atoms with van der Waals surface area (Å²) < 4.78 is 4.39. The molecule has 0 heterocycles. The monoisotopic (exact) mass is 380 g/mol. The number of rotatable bonds is 6. The molecular weight excluding hydrogens is 362 g/mol. The fraction of sp³-hybridized carbons (Fsp3) is 0.0588. The summed E-state index contributed by atoms with van der Waals surface area (Å²) in [4.78, 5) is 2.43. The molecular formula is C17H16Se2. The maximum atomic E-state index is 3.87. The van der Waals surface area contributed by atoms with Crippen LogP contribution in [0.4, 0.5) is 0 Å². The average Bonchev–Trinajstić information content (AvgIpc) is 2.47. The standard InChI is InChI=1S/C17H16Se2/c1-2-9-17(19-16-12-7-4-8-13-16)14-18-15-10-5-3-6-11-15/h2-8,10-14H,1,9H2/b17-14-. The first-order chi connectivity index (χ1) is 9.38. The van der Waals surface area contributed by atoms with E-state index in [-0.39, 0.29) is 0 Å². The van der Waals surface area contributed by atoms with Gasteiger partial charge in [-0.25, -0.2) is 0 Å². The van der Waals surface area contributed by atoms with Crippen molar-refractivity contribution in [1.82, 2.24) is 0 Å². The van der Waals surface area contributed by atoms with Crippen LogP contribution < -0.4 is 8.92 Å². The number of hydrogen-bond acceptors (Lipinski definition) is 0. The SMILES string of the molecule is C=CC/C(=C/[Se]c1ccccc1)[Se]c1ccccc1. The summed E-state index contributed by atoms with van der Waals surface area (Å²) in [5, 5.41) is 0. The topological polar surface area (TPSA) is 0 Å². The maximum absolute atomic E-state index is 3.87. The van der Waals surface area contributed by atoms with Crippen molar-refractivity contribution < 1.29 is 0 Å². The molecule has 19 heavy (non-hydrogen) atoms. The molecule has 0 N–H and O–H groups in total. The third-order valence-electron chi connectivity index (χ3n) is 2.41. The molecule has 0 aliphatic carbocycles. The summed E-state index contributed by atoms with van der Waals surface area (Å²) in [6.07, 6.45) is 3.01. The molecule has 0 bridgehead atoms.